The number of halogens is 1. The van der Waals surface area contributed by atoms with Crippen LogP contribution in [-0.2, 0) is 13.0 Å². The Kier molecular flexibility index (Phi) is 6.89. The average Bonchev–Trinajstić information content (AvgIpc) is 3.41. The van der Waals surface area contributed by atoms with Gasteiger partial charge < -0.3 is 4.90 Å². The van der Waals surface area contributed by atoms with E-state index in [1.54, 1.807) is 17.5 Å². The molecule has 0 aliphatic carbocycles. The lowest BCUT2D eigenvalue weighted by Crippen LogP contribution is -2.39. The second-order valence-electron chi connectivity index (χ2n) is 8.48. The largest absolute Gasteiger partial charge is 0.331 e. The molecule has 5 aromatic rings. The lowest BCUT2D eigenvalue weighted by atomic mass is 10.0. The zero-order valence-corrected chi connectivity index (χ0v) is 20.8. The first-order valence-electron chi connectivity index (χ1n) is 11.5. The second-order valence-corrected chi connectivity index (χ2v) is 9.95. The van der Waals surface area contributed by atoms with E-state index in [9.17, 15) is 4.79 Å². The van der Waals surface area contributed by atoms with Gasteiger partial charge in [-0.1, -0.05) is 54.1 Å². The van der Waals surface area contributed by atoms with E-state index >= 15 is 0 Å². The Morgan fingerprint density at radius 3 is 2.51 bits per heavy atom. The van der Waals surface area contributed by atoms with Gasteiger partial charge in [-0.2, -0.15) is 0 Å². The summed E-state index contributed by atoms with van der Waals surface area (Å²) in [7, 11) is 0. The topological polar surface area (TPSA) is 46.1 Å². The maximum atomic E-state index is 14.2. The number of thiophene rings is 1. The van der Waals surface area contributed by atoms with Crippen LogP contribution in [0.4, 0.5) is 0 Å². The second kappa shape index (κ2) is 10.4. The molecule has 0 unspecified atom stereocenters. The highest BCUT2D eigenvalue weighted by atomic mass is 35.5. The van der Waals surface area contributed by atoms with Crippen molar-refractivity contribution in [3.63, 3.8) is 0 Å². The molecule has 0 radical (unpaired) electrons. The maximum Gasteiger partial charge on any atom is 0.255 e. The van der Waals surface area contributed by atoms with Gasteiger partial charge in [0.25, 0.3) is 5.91 Å². The Morgan fingerprint density at radius 1 is 0.971 bits per heavy atom. The number of carbonyl (C=O) groups excluding carboxylic acids is 1. The average molecular weight is 498 g/mol. The minimum Gasteiger partial charge on any atom is -0.331 e. The summed E-state index contributed by atoms with van der Waals surface area (Å²) in [5.74, 6) is -0.0280. The Balaban J connectivity index is 1.58. The van der Waals surface area contributed by atoms with Crippen LogP contribution < -0.4 is 0 Å². The van der Waals surface area contributed by atoms with E-state index in [1.807, 2.05) is 83.8 Å². The lowest BCUT2D eigenvalue weighted by molar-refractivity contribution is 0.0678. The Morgan fingerprint density at radius 2 is 1.77 bits per heavy atom. The van der Waals surface area contributed by atoms with Crippen molar-refractivity contribution in [2.75, 3.05) is 0 Å². The fraction of sp³-hybridized carbons (Fsp3) is 0.138. The number of nitrogens with zero attached hydrogens (tertiary/aromatic N) is 3. The van der Waals surface area contributed by atoms with Gasteiger partial charge in [0.15, 0.2) is 0 Å². The number of benzene rings is 2. The first-order chi connectivity index (χ1) is 17.1. The molecule has 0 aliphatic rings. The molecule has 0 N–H and O–H groups in total. The highest BCUT2D eigenvalue weighted by molar-refractivity contribution is 7.09. The Labute approximate surface area is 213 Å². The van der Waals surface area contributed by atoms with E-state index in [1.165, 1.54) is 4.88 Å². The zero-order chi connectivity index (χ0) is 24.2. The summed E-state index contributed by atoms with van der Waals surface area (Å²) in [6, 6.07) is 27.2. The minimum absolute atomic E-state index is 0.0120. The molecular weight excluding hydrogens is 474 g/mol. The molecule has 5 rings (SSSR count). The van der Waals surface area contributed by atoms with Crippen LogP contribution in [0.15, 0.2) is 96.5 Å². The fourth-order valence-electron chi connectivity index (χ4n) is 4.20. The number of amides is 1. The Bertz CT molecular complexity index is 1440. The van der Waals surface area contributed by atoms with Crippen molar-refractivity contribution >= 4 is 39.7 Å². The van der Waals surface area contributed by atoms with Crippen LogP contribution in [-0.4, -0.2) is 26.8 Å². The van der Waals surface area contributed by atoms with Crippen molar-refractivity contribution in [2.45, 2.75) is 25.9 Å². The number of rotatable bonds is 7. The molecule has 1 atom stereocenters. The molecule has 3 aromatic heterocycles. The summed E-state index contributed by atoms with van der Waals surface area (Å²) >= 11 is 7.83. The third kappa shape index (κ3) is 5.26. The number of carbonyl (C=O) groups is 1. The quantitative estimate of drug-likeness (QED) is 0.237. The third-order valence-electron chi connectivity index (χ3n) is 6.01. The molecule has 6 heteroatoms. The zero-order valence-electron chi connectivity index (χ0n) is 19.3. The van der Waals surface area contributed by atoms with Crippen molar-refractivity contribution < 1.29 is 4.79 Å². The van der Waals surface area contributed by atoms with E-state index < -0.39 is 0 Å². The summed E-state index contributed by atoms with van der Waals surface area (Å²) < 4.78 is 0. The van der Waals surface area contributed by atoms with Gasteiger partial charge in [-0.15, -0.1) is 11.3 Å². The van der Waals surface area contributed by atoms with Crippen LogP contribution in [0, 0.1) is 0 Å². The summed E-state index contributed by atoms with van der Waals surface area (Å²) in [5.41, 5.74) is 3.86. The maximum absolute atomic E-state index is 14.2. The van der Waals surface area contributed by atoms with Crippen molar-refractivity contribution in [2.24, 2.45) is 0 Å². The van der Waals surface area contributed by atoms with Crippen molar-refractivity contribution in [3.05, 3.63) is 118 Å². The number of para-hydroxylation sites is 1. The molecule has 174 valence electrons. The number of aromatic nitrogens is 2. The lowest BCUT2D eigenvalue weighted by Gasteiger charge is -2.30. The molecule has 0 fully saturated rings. The smallest absolute Gasteiger partial charge is 0.255 e. The molecule has 35 heavy (non-hydrogen) atoms. The van der Waals surface area contributed by atoms with Crippen molar-refractivity contribution in [1.29, 1.82) is 0 Å². The summed E-state index contributed by atoms with van der Waals surface area (Å²) in [6.45, 7) is 2.59. The van der Waals surface area contributed by atoms with Gasteiger partial charge in [0, 0.05) is 40.5 Å². The molecule has 0 saturated carbocycles. The van der Waals surface area contributed by atoms with Crippen LogP contribution in [0.2, 0.25) is 5.02 Å². The van der Waals surface area contributed by atoms with Crippen LogP contribution in [0.1, 0.15) is 27.7 Å². The van der Waals surface area contributed by atoms with Gasteiger partial charge in [-0.25, -0.2) is 4.98 Å². The monoisotopic (exact) mass is 497 g/mol. The third-order valence-corrected chi connectivity index (χ3v) is 7.16. The van der Waals surface area contributed by atoms with Crippen molar-refractivity contribution in [3.8, 4) is 11.4 Å². The van der Waals surface area contributed by atoms with Gasteiger partial charge in [0.05, 0.1) is 22.5 Å². The molecule has 0 spiro atoms. The van der Waals surface area contributed by atoms with E-state index in [2.05, 4.69) is 23.4 Å². The Hall–Kier alpha value is -3.54. The van der Waals surface area contributed by atoms with Gasteiger partial charge in [0.2, 0.25) is 0 Å². The van der Waals surface area contributed by atoms with Crippen molar-refractivity contribution in [1.82, 2.24) is 14.9 Å². The van der Waals surface area contributed by atoms with E-state index in [-0.39, 0.29) is 11.9 Å². The summed E-state index contributed by atoms with van der Waals surface area (Å²) in [4.78, 5) is 26.7. The van der Waals surface area contributed by atoms with Crippen LogP contribution in [0.25, 0.3) is 22.3 Å². The van der Waals surface area contributed by atoms with E-state index in [0.29, 0.717) is 22.8 Å². The van der Waals surface area contributed by atoms with Gasteiger partial charge in [-0.05, 0) is 60.3 Å². The summed E-state index contributed by atoms with van der Waals surface area (Å²) in [6.07, 6.45) is 2.52. The number of hydrogen-bond donors (Lipinski definition) is 0. The van der Waals surface area contributed by atoms with E-state index in [0.717, 1.165) is 28.6 Å². The highest BCUT2D eigenvalue weighted by Gasteiger charge is 2.25. The first-order valence-corrected chi connectivity index (χ1v) is 12.7. The normalized spacial score (nSPS) is 11.9. The predicted octanol–water partition coefficient (Wildman–Crippen LogP) is 7.29. The molecule has 2 aromatic carbocycles. The molecule has 0 aliphatic heterocycles. The van der Waals surface area contributed by atoms with E-state index in [4.69, 9.17) is 16.6 Å². The minimum atomic E-state index is -0.0280. The van der Waals surface area contributed by atoms with Gasteiger partial charge >= 0.3 is 0 Å². The molecule has 1 amide bonds. The van der Waals surface area contributed by atoms with Crippen LogP contribution in [0.5, 0.6) is 0 Å². The predicted molar refractivity (Wildman–Crippen MR) is 144 cm³/mol. The fourth-order valence-corrected chi connectivity index (χ4v) is 5.15. The number of hydrogen-bond acceptors (Lipinski definition) is 4. The standard InChI is InChI=1S/C29H24ClN3OS/c1-20(17-23-7-6-16-35-23)33(19-21-11-13-22(30)14-12-21)29(34)25-18-28(27-10-4-5-15-31-27)32-26-9-3-2-8-24(25)26/h2-16,18,20H,17,19H2,1H3/t20-/m0/s1. The first kappa shape index (κ1) is 23.2. The van der Waals surface area contributed by atoms with Gasteiger partial charge in [0.1, 0.15) is 0 Å². The number of pyridine rings is 2. The molecular formula is C29H24ClN3OS. The molecule has 3 heterocycles. The number of fused-ring (bicyclic) bond motifs is 1. The molecule has 0 bridgehead atoms. The molecule has 0 saturated heterocycles. The van der Waals surface area contributed by atoms with Crippen LogP contribution in [0.3, 0.4) is 0 Å². The highest BCUT2D eigenvalue weighted by Crippen LogP contribution is 2.27. The van der Waals surface area contributed by atoms with Crippen LogP contribution >= 0.6 is 22.9 Å². The molecule has 4 nitrogen and oxygen atoms in total. The SMILES string of the molecule is C[C@@H](Cc1cccs1)N(Cc1ccc(Cl)cc1)C(=O)c1cc(-c2ccccn2)nc2ccccc12. The van der Waals surface area contributed by atoms with Gasteiger partial charge in [-0.3, -0.25) is 9.78 Å². The summed E-state index contributed by atoms with van der Waals surface area (Å²) in [5, 5.41) is 3.59.